The Morgan fingerprint density at radius 1 is 1.18 bits per heavy atom. The van der Waals surface area contributed by atoms with E-state index in [1.54, 1.807) is 0 Å². The van der Waals surface area contributed by atoms with Crippen molar-refractivity contribution in [2.75, 3.05) is 19.4 Å². The maximum absolute atomic E-state index is 16.2. The van der Waals surface area contributed by atoms with Gasteiger partial charge in [0.25, 0.3) is 0 Å². The monoisotopic (exact) mass is 771 g/mol. The lowest BCUT2D eigenvalue weighted by Crippen LogP contribution is -2.45. The van der Waals surface area contributed by atoms with E-state index in [1.807, 2.05) is 42.9 Å². The van der Waals surface area contributed by atoms with Crippen LogP contribution < -0.4 is 0 Å². The van der Waals surface area contributed by atoms with E-state index in [0.29, 0.717) is 40.0 Å². The standard InChI is InChI=1S/C36H47BrFN5O4SSi/c1-20-11-12-25(42(20)35(45)46-14-15-49(6,7)8)26-18-24-32(43(26)31-22-17-27(31)41(19-22)34(44)47-36(2,3)4)23-16-21(10-9-13-39)28(37)29(38)30(23)40-33(24)48-5/h16,18,20,22,25,27,31H,9-12,14-15,17,19H2,1-8H3/t20-,22-,25-,27-,31+/m1/s1. The van der Waals surface area contributed by atoms with E-state index in [2.05, 4.69) is 59.2 Å². The highest BCUT2D eigenvalue weighted by Gasteiger charge is 2.57. The van der Waals surface area contributed by atoms with E-state index in [0.717, 1.165) is 41.9 Å². The van der Waals surface area contributed by atoms with Gasteiger partial charge in [-0.1, -0.05) is 19.6 Å². The molecule has 3 aromatic rings. The number of aryl methyl sites for hydroxylation is 1. The van der Waals surface area contributed by atoms with Crippen molar-refractivity contribution in [3.8, 4) is 6.07 Å². The van der Waals surface area contributed by atoms with Crippen molar-refractivity contribution >= 4 is 69.8 Å². The molecule has 13 heteroatoms. The first-order chi connectivity index (χ1) is 23.0. The molecule has 9 nitrogen and oxygen atoms in total. The van der Waals surface area contributed by atoms with Crippen molar-refractivity contribution in [1.82, 2.24) is 19.4 Å². The van der Waals surface area contributed by atoms with Crippen LogP contribution in [0.1, 0.15) is 76.7 Å². The van der Waals surface area contributed by atoms with Crippen molar-refractivity contribution < 1.29 is 23.5 Å². The molecule has 0 unspecified atom stereocenters. The van der Waals surface area contributed by atoms with Gasteiger partial charge in [-0.15, -0.1) is 11.8 Å². The molecule has 4 fully saturated rings. The van der Waals surface area contributed by atoms with Gasteiger partial charge in [0, 0.05) is 49.5 Å². The van der Waals surface area contributed by atoms with Crippen molar-refractivity contribution in [2.45, 2.75) is 120 Å². The minimum Gasteiger partial charge on any atom is -0.450 e. The molecule has 5 heterocycles. The third kappa shape index (κ3) is 6.69. The van der Waals surface area contributed by atoms with E-state index in [1.165, 1.54) is 11.8 Å². The van der Waals surface area contributed by atoms with Gasteiger partial charge in [0.1, 0.15) is 16.1 Å². The molecule has 1 aliphatic carbocycles. The van der Waals surface area contributed by atoms with Crippen molar-refractivity contribution in [2.24, 2.45) is 5.92 Å². The van der Waals surface area contributed by atoms with Crippen LogP contribution in [-0.4, -0.2) is 76.7 Å². The molecule has 3 aliphatic heterocycles. The number of likely N-dealkylation sites (tertiary alicyclic amines) is 1. The lowest BCUT2D eigenvalue weighted by atomic mass is 9.79. The molecule has 2 aromatic heterocycles. The van der Waals surface area contributed by atoms with Crippen molar-refractivity contribution in [3.63, 3.8) is 0 Å². The largest absolute Gasteiger partial charge is 0.450 e. The molecule has 3 saturated heterocycles. The molecule has 2 bridgehead atoms. The number of pyridine rings is 1. The Balaban J connectivity index is 1.54. The van der Waals surface area contributed by atoms with Crippen LogP contribution in [0.4, 0.5) is 14.0 Å². The van der Waals surface area contributed by atoms with Crippen LogP contribution in [0.3, 0.4) is 0 Å². The summed E-state index contributed by atoms with van der Waals surface area (Å²) in [4.78, 5) is 35.9. The molecule has 1 aromatic carbocycles. The average molecular weight is 773 g/mol. The minimum absolute atomic E-state index is 0.0203. The van der Waals surface area contributed by atoms with E-state index >= 15 is 4.39 Å². The molecule has 5 atom stereocenters. The second-order valence-electron chi connectivity index (χ2n) is 16.0. The van der Waals surface area contributed by atoms with E-state index in [-0.39, 0.29) is 54.2 Å². The number of hydrogen-bond acceptors (Lipinski definition) is 7. The number of rotatable bonds is 8. The number of aromatic nitrogens is 2. The third-order valence-corrected chi connectivity index (χ3v) is 13.5. The minimum atomic E-state index is -1.41. The fourth-order valence-electron chi connectivity index (χ4n) is 7.81. The van der Waals surface area contributed by atoms with Crippen LogP contribution in [-0.2, 0) is 15.9 Å². The summed E-state index contributed by atoms with van der Waals surface area (Å²) in [6.45, 7) is 15.5. The normalized spacial score (nSPS) is 23.7. The van der Waals surface area contributed by atoms with Crippen LogP contribution >= 0.6 is 27.7 Å². The van der Waals surface area contributed by atoms with Gasteiger partial charge in [-0.2, -0.15) is 5.26 Å². The number of nitriles is 1. The number of fused-ring (bicyclic) bond motifs is 4. The Morgan fingerprint density at radius 2 is 1.92 bits per heavy atom. The van der Waals surface area contributed by atoms with Gasteiger partial charge in [-0.3, -0.25) is 4.90 Å². The van der Waals surface area contributed by atoms with Crippen LogP contribution in [0.25, 0.3) is 21.8 Å². The number of carbonyl (C=O) groups is 2. The molecule has 1 saturated carbocycles. The lowest BCUT2D eigenvalue weighted by molar-refractivity contribution is 0.0208. The maximum atomic E-state index is 16.2. The van der Waals surface area contributed by atoms with E-state index < -0.39 is 19.5 Å². The predicted octanol–water partition coefficient (Wildman–Crippen LogP) is 9.45. The van der Waals surface area contributed by atoms with Gasteiger partial charge in [-0.25, -0.2) is 19.0 Å². The highest BCUT2D eigenvalue weighted by atomic mass is 79.9. The van der Waals surface area contributed by atoms with Gasteiger partial charge >= 0.3 is 12.2 Å². The molecule has 4 aliphatic rings. The number of amides is 2. The topological polar surface area (TPSA) is 101 Å². The highest BCUT2D eigenvalue weighted by molar-refractivity contribution is 9.10. The van der Waals surface area contributed by atoms with Gasteiger partial charge in [0.05, 0.1) is 40.8 Å². The number of halogens is 2. The van der Waals surface area contributed by atoms with Gasteiger partial charge in [-0.05, 0) is 99.3 Å². The zero-order valence-corrected chi connectivity index (χ0v) is 33.1. The quantitative estimate of drug-likeness (QED) is 0.166. The summed E-state index contributed by atoms with van der Waals surface area (Å²) in [5.74, 6) is -0.284. The second-order valence-corrected chi connectivity index (χ2v) is 23.2. The first-order valence-electron chi connectivity index (χ1n) is 17.3. The fraction of sp³-hybridized carbons (Fsp3) is 0.611. The number of hydrogen-bond donors (Lipinski definition) is 0. The van der Waals surface area contributed by atoms with E-state index in [4.69, 9.17) is 14.5 Å². The number of ether oxygens (including phenoxy) is 2. The smallest absolute Gasteiger partial charge is 0.410 e. The Hall–Kier alpha value is -2.82. The van der Waals surface area contributed by atoms with E-state index in [9.17, 15) is 14.9 Å². The van der Waals surface area contributed by atoms with Crippen LogP contribution in [0, 0.1) is 23.1 Å². The Morgan fingerprint density at radius 3 is 2.57 bits per heavy atom. The summed E-state index contributed by atoms with van der Waals surface area (Å²) in [6.07, 6.45) is 4.38. The molecule has 7 rings (SSSR count). The SMILES string of the molecule is CSc1nc2c(F)c(Br)c(CCC#N)cc2c2c1cc([C@H]1CC[C@@H](C)N1C(=O)OCC[Si](C)(C)C)n2[C@H]1[C@@H]2C[C@H]1N(C(=O)OC(C)(C)C)C2. The highest BCUT2D eigenvalue weighted by Crippen LogP contribution is 2.54. The first-order valence-corrected chi connectivity index (χ1v) is 23.0. The predicted molar refractivity (Wildman–Crippen MR) is 197 cm³/mol. The van der Waals surface area contributed by atoms with Gasteiger partial charge < -0.3 is 18.9 Å². The third-order valence-electron chi connectivity index (χ3n) is 10.2. The molecule has 0 N–H and O–H groups in total. The Labute approximate surface area is 302 Å². The number of benzene rings is 1. The summed E-state index contributed by atoms with van der Waals surface area (Å²) in [6, 6.07) is 6.70. The number of carbonyl (C=O) groups excluding carboxylic acids is 2. The number of thioether (sulfide) groups is 1. The Kier molecular flexibility index (Phi) is 9.83. The fourth-order valence-corrected chi connectivity index (χ4v) is 9.59. The molecule has 0 spiro atoms. The van der Waals surface area contributed by atoms with Crippen LogP contribution in [0.15, 0.2) is 21.6 Å². The maximum Gasteiger partial charge on any atom is 0.410 e. The van der Waals surface area contributed by atoms with Crippen LogP contribution in [0.2, 0.25) is 25.7 Å². The number of nitrogens with zero attached hydrogens (tertiary/aromatic N) is 5. The molecule has 264 valence electrons. The van der Waals surface area contributed by atoms with Gasteiger partial charge in [0.2, 0.25) is 0 Å². The summed E-state index contributed by atoms with van der Waals surface area (Å²) in [5, 5.41) is 11.6. The summed E-state index contributed by atoms with van der Waals surface area (Å²) < 4.78 is 30.6. The molecule has 0 radical (unpaired) electrons. The average Bonchev–Trinajstić information content (AvgIpc) is 3.78. The summed E-state index contributed by atoms with van der Waals surface area (Å²) >= 11 is 4.92. The van der Waals surface area contributed by atoms with Crippen molar-refractivity contribution in [3.05, 3.63) is 33.7 Å². The van der Waals surface area contributed by atoms with Crippen molar-refractivity contribution in [1.29, 1.82) is 5.26 Å². The molecular weight excluding hydrogens is 725 g/mol. The molecular formula is C36H47BrFN5O4SSi. The van der Waals surface area contributed by atoms with Gasteiger partial charge in [0.15, 0.2) is 5.82 Å². The van der Waals surface area contributed by atoms with Crippen LogP contribution in [0.5, 0.6) is 0 Å². The summed E-state index contributed by atoms with van der Waals surface area (Å²) in [5.41, 5.74) is 2.15. The zero-order valence-electron chi connectivity index (χ0n) is 29.7. The first kappa shape index (κ1) is 36.0. The second kappa shape index (κ2) is 13.4. The summed E-state index contributed by atoms with van der Waals surface area (Å²) in [7, 11) is -1.41. The Bertz CT molecular complexity index is 1850. The molecule has 49 heavy (non-hydrogen) atoms. The zero-order chi connectivity index (χ0) is 35.6. The lowest BCUT2D eigenvalue weighted by Gasteiger charge is -2.40. The molecule has 2 amide bonds.